The minimum atomic E-state index is -0.319. The van der Waals surface area contributed by atoms with Crippen LogP contribution in [-0.4, -0.2) is 51.0 Å². The number of aryl methyl sites for hydroxylation is 2. The molecule has 1 aromatic carbocycles. The van der Waals surface area contributed by atoms with Crippen molar-refractivity contribution in [2.75, 3.05) is 19.6 Å². The molecule has 0 spiro atoms. The zero-order valence-electron chi connectivity index (χ0n) is 15.8. The summed E-state index contributed by atoms with van der Waals surface area (Å²) < 4.78 is 15.5. The van der Waals surface area contributed by atoms with Crippen LogP contribution >= 0.6 is 0 Å². The first-order chi connectivity index (χ1) is 13.0. The van der Waals surface area contributed by atoms with Gasteiger partial charge in [-0.05, 0) is 18.6 Å². The highest BCUT2D eigenvalue weighted by Gasteiger charge is 2.26. The smallest absolute Gasteiger partial charge is 0.272 e. The molecule has 1 fully saturated rings. The standard InChI is InChI=1S/C20H25FN4O2/c1-3-6-16-13-18(23(2)22-16)20(27)24-10-9-19(26)25(12-11-24)14-15-7-4-5-8-17(15)21/h4-5,7-8,13H,3,6,9-12,14H2,1-2H3. The molecule has 6 nitrogen and oxygen atoms in total. The summed E-state index contributed by atoms with van der Waals surface area (Å²) in [5.74, 6) is -0.501. The Kier molecular flexibility index (Phi) is 5.88. The van der Waals surface area contributed by atoms with Crippen molar-refractivity contribution in [3.8, 4) is 0 Å². The van der Waals surface area contributed by atoms with Gasteiger partial charge >= 0.3 is 0 Å². The minimum absolute atomic E-state index is 0.0646. The highest BCUT2D eigenvalue weighted by atomic mass is 19.1. The topological polar surface area (TPSA) is 58.4 Å². The Bertz CT molecular complexity index is 833. The number of hydrogen-bond acceptors (Lipinski definition) is 3. The number of carbonyl (C=O) groups is 2. The van der Waals surface area contributed by atoms with Crippen LogP contribution < -0.4 is 0 Å². The average Bonchev–Trinajstić information content (AvgIpc) is 2.91. The second-order valence-corrected chi connectivity index (χ2v) is 6.84. The third-order valence-corrected chi connectivity index (χ3v) is 4.85. The number of aromatic nitrogens is 2. The van der Waals surface area contributed by atoms with E-state index in [9.17, 15) is 14.0 Å². The molecule has 0 N–H and O–H groups in total. The van der Waals surface area contributed by atoms with E-state index in [1.54, 1.807) is 39.7 Å². The van der Waals surface area contributed by atoms with Gasteiger partial charge in [0.25, 0.3) is 5.91 Å². The van der Waals surface area contributed by atoms with Gasteiger partial charge in [-0.1, -0.05) is 31.5 Å². The Balaban J connectivity index is 1.69. The van der Waals surface area contributed by atoms with E-state index < -0.39 is 0 Å². The molecule has 1 saturated heterocycles. The lowest BCUT2D eigenvalue weighted by molar-refractivity contribution is -0.130. The molecule has 1 aliphatic heterocycles. The van der Waals surface area contributed by atoms with Gasteiger partial charge in [0, 0.05) is 45.2 Å². The van der Waals surface area contributed by atoms with E-state index in [-0.39, 0.29) is 30.6 Å². The lowest BCUT2D eigenvalue weighted by Gasteiger charge is -2.22. The molecule has 2 aromatic rings. The van der Waals surface area contributed by atoms with Crippen LogP contribution in [0.25, 0.3) is 0 Å². The van der Waals surface area contributed by atoms with Gasteiger partial charge in [-0.2, -0.15) is 5.10 Å². The fourth-order valence-corrected chi connectivity index (χ4v) is 3.34. The zero-order chi connectivity index (χ0) is 19.4. The summed E-state index contributed by atoms with van der Waals surface area (Å²) in [6, 6.07) is 8.29. The molecule has 3 rings (SSSR count). The van der Waals surface area contributed by atoms with Crippen LogP contribution in [0.5, 0.6) is 0 Å². The quantitative estimate of drug-likeness (QED) is 0.810. The zero-order valence-corrected chi connectivity index (χ0v) is 15.8. The van der Waals surface area contributed by atoms with Crippen molar-refractivity contribution in [2.24, 2.45) is 7.05 Å². The Morgan fingerprint density at radius 2 is 2.00 bits per heavy atom. The first-order valence-corrected chi connectivity index (χ1v) is 9.33. The lowest BCUT2D eigenvalue weighted by Crippen LogP contribution is -2.36. The molecule has 2 amide bonds. The number of carbonyl (C=O) groups excluding carboxylic acids is 2. The average molecular weight is 372 g/mol. The van der Waals surface area contributed by atoms with Crippen LogP contribution in [0.2, 0.25) is 0 Å². The molecule has 27 heavy (non-hydrogen) atoms. The molecule has 0 bridgehead atoms. The molecule has 1 aliphatic rings. The molecule has 0 radical (unpaired) electrons. The summed E-state index contributed by atoms with van der Waals surface area (Å²) >= 11 is 0. The summed E-state index contributed by atoms with van der Waals surface area (Å²) in [6.45, 7) is 3.46. The Hall–Kier alpha value is -2.70. The lowest BCUT2D eigenvalue weighted by atomic mass is 10.2. The minimum Gasteiger partial charge on any atom is -0.336 e. The van der Waals surface area contributed by atoms with Crippen LogP contribution in [0.4, 0.5) is 4.39 Å². The van der Waals surface area contributed by atoms with Gasteiger partial charge in [0.2, 0.25) is 5.91 Å². The van der Waals surface area contributed by atoms with Crippen LogP contribution in [0.15, 0.2) is 30.3 Å². The molecule has 0 saturated carbocycles. The van der Waals surface area contributed by atoms with E-state index in [1.807, 2.05) is 6.07 Å². The van der Waals surface area contributed by atoms with Gasteiger partial charge in [-0.25, -0.2) is 4.39 Å². The maximum atomic E-state index is 13.9. The number of rotatable bonds is 5. The number of halogens is 1. The molecule has 0 atom stereocenters. The van der Waals surface area contributed by atoms with Crippen LogP contribution in [-0.2, 0) is 24.8 Å². The normalized spacial score (nSPS) is 15.1. The second-order valence-electron chi connectivity index (χ2n) is 6.84. The van der Waals surface area contributed by atoms with Crippen molar-refractivity contribution in [1.29, 1.82) is 0 Å². The summed E-state index contributed by atoms with van der Waals surface area (Å²) in [6.07, 6.45) is 2.03. The highest BCUT2D eigenvalue weighted by molar-refractivity contribution is 5.93. The fraction of sp³-hybridized carbons (Fsp3) is 0.450. The van der Waals surface area contributed by atoms with Gasteiger partial charge < -0.3 is 9.80 Å². The molecule has 0 aliphatic carbocycles. The number of amides is 2. The van der Waals surface area contributed by atoms with E-state index in [4.69, 9.17) is 0 Å². The van der Waals surface area contributed by atoms with E-state index in [0.29, 0.717) is 30.9 Å². The largest absolute Gasteiger partial charge is 0.336 e. The van der Waals surface area contributed by atoms with E-state index in [0.717, 1.165) is 18.5 Å². The van der Waals surface area contributed by atoms with Gasteiger partial charge in [-0.15, -0.1) is 0 Å². The molecule has 144 valence electrons. The molecular formula is C20H25FN4O2. The second kappa shape index (κ2) is 8.33. The number of hydrogen-bond donors (Lipinski definition) is 0. The summed E-state index contributed by atoms with van der Waals surface area (Å²) in [4.78, 5) is 28.6. The maximum Gasteiger partial charge on any atom is 0.272 e. The van der Waals surface area contributed by atoms with Gasteiger partial charge in [0.15, 0.2) is 0 Å². The van der Waals surface area contributed by atoms with Crippen LogP contribution in [0.3, 0.4) is 0 Å². The Morgan fingerprint density at radius 1 is 1.22 bits per heavy atom. The third-order valence-electron chi connectivity index (χ3n) is 4.85. The SMILES string of the molecule is CCCc1cc(C(=O)N2CCC(=O)N(Cc3ccccc3F)CC2)n(C)n1. The molecule has 7 heteroatoms. The maximum absolute atomic E-state index is 13.9. The summed E-state index contributed by atoms with van der Waals surface area (Å²) in [5, 5.41) is 4.39. The van der Waals surface area contributed by atoms with Crippen molar-refractivity contribution in [2.45, 2.75) is 32.7 Å². The summed E-state index contributed by atoms with van der Waals surface area (Å²) in [5.41, 5.74) is 1.92. The van der Waals surface area contributed by atoms with E-state index in [2.05, 4.69) is 12.0 Å². The van der Waals surface area contributed by atoms with Crippen molar-refractivity contribution in [3.05, 3.63) is 53.1 Å². The number of nitrogens with zero attached hydrogens (tertiary/aromatic N) is 4. The van der Waals surface area contributed by atoms with Crippen molar-refractivity contribution in [3.63, 3.8) is 0 Å². The Morgan fingerprint density at radius 3 is 2.74 bits per heavy atom. The predicted molar refractivity (Wildman–Crippen MR) is 99.5 cm³/mol. The fourth-order valence-electron chi connectivity index (χ4n) is 3.34. The van der Waals surface area contributed by atoms with Crippen molar-refractivity contribution < 1.29 is 14.0 Å². The van der Waals surface area contributed by atoms with E-state index in [1.165, 1.54) is 6.07 Å². The monoisotopic (exact) mass is 372 g/mol. The van der Waals surface area contributed by atoms with E-state index >= 15 is 0 Å². The van der Waals surface area contributed by atoms with Crippen LogP contribution in [0, 0.1) is 5.82 Å². The molecule has 2 heterocycles. The predicted octanol–water partition coefficient (Wildman–Crippen LogP) is 2.39. The molecule has 1 aromatic heterocycles. The van der Waals surface area contributed by atoms with Crippen molar-refractivity contribution >= 4 is 11.8 Å². The molecule has 0 unspecified atom stereocenters. The molecular weight excluding hydrogens is 347 g/mol. The summed E-state index contributed by atoms with van der Waals surface area (Å²) in [7, 11) is 1.76. The Labute approximate surface area is 158 Å². The van der Waals surface area contributed by atoms with Gasteiger partial charge in [0.05, 0.1) is 5.69 Å². The first-order valence-electron chi connectivity index (χ1n) is 9.33. The first kappa shape index (κ1) is 19.1. The van der Waals surface area contributed by atoms with Crippen molar-refractivity contribution in [1.82, 2.24) is 19.6 Å². The van der Waals surface area contributed by atoms with Gasteiger partial charge in [-0.3, -0.25) is 14.3 Å². The highest BCUT2D eigenvalue weighted by Crippen LogP contribution is 2.15. The van der Waals surface area contributed by atoms with Gasteiger partial charge in [0.1, 0.15) is 11.5 Å². The third kappa shape index (κ3) is 4.35. The number of benzene rings is 1. The van der Waals surface area contributed by atoms with Crippen LogP contribution in [0.1, 0.15) is 41.5 Å².